The molecule has 0 atom stereocenters. The first kappa shape index (κ1) is 16.8. The van der Waals surface area contributed by atoms with Gasteiger partial charge in [0.2, 0.25) is 0 Å². The van der Waals surface area contributed by atoms with Crippen molar-refractivity contribution in [3.63, 3.8) is 0 Å². The Morgan fingerprint density at radius 3 is 2.31 bits per heavy atom. The van der Waals surface area contributed by atoms with Gasteiger partial charge in [0.25, 0.3) is 0 Å². The van der Waals surface area contributed by atoms with Crippen LogP contribution in [0.1, 0.15) is 49.1 Å². The highest BCUT2D eigenvalue weighted by molar-refractivity contribution is 5.51. The number of nitrogens with one attached hydrogen (secondary N) is 1. The van der Waals surface area contributed by atoms with Crippen molar-refractivity contribution in [3.8, 4) is 5.69 Å². The van der Waals surface area contributed by atoms with Crippen LogP contribution in [0.15, 0.2) is 48.5 Å². The smallest absolute Gasteiger partial charge is 0.181 e. The van der Waals surface area contributed by atoms with Gasteiger partial charge in [-0.3, -0.25) is 0 Å². The molecule has 26 heavy (non-hydrogen) atoms. The van der Waals surface area contributed by atoms with E-state index in [2.05, 4.69) is 52.9 Å². The number of aromatic nitrogens is 4. The Morgan fingerprint density at radius 2 is 1.62 bits per heavy atom. The Labute approximate surface area is 154 Å². The summed E-state index contributed by atoms with van der Waals surface area (Å²) < 4.78 is 1.89. The van der Waals surface area contributed by atoms with Crippen molar-refractivity contribution in [2.24, 2.45) is 0 Å². The molecule has 1 fully saturated rings. The van der Waals surface area contributed by atoms with Gasteiger partial charge in [-0.1, -0.05) is 43.5 Å². The van der Waals surface area contributed by atoms with Crippen LogP contribution in [0.25, 0.3) is 5.69 Å². The highest BCUT2D eigenvalue weighted by Crippen LogP contribution is 2.39. The second-order valence-electron chi connectivity index (χ2n) is 7.39. The van der Waals surface area contributed by atoms with E-state index in [1.54, 1.807) is 0 Å². The molecule has 2 aromatic carbocycles. The SMILES string of the molecule is Cc1cc(C)cc(NC2(c3nnnn3-c3ccccc3)CCCCC2)c1. The first-order chi connectivity index (χ1) is 12.7. The first-order valence-corrected chi connectivity index (χ1v) is 9.37. The third kappa shape index (κ3) is 3.21. The van der Waals surface area contributed by atoms with Crippen LogP contribution in [0.3, 0.4) is 0 Å². The zero-order valence-corrected chi connectivity index (χ0v) is 15.4. The molecule has 0 saturated heterocycles. The number of rotatable bonds is 4. The summed E-state index contributed by atoms with van der Waals surface area (Å²) in [7, 11) is 0. The minimum Gasteiger partial charge on any atom is -0.373 e. The van der Waals surface area contributed by atoms with Crippen molar-refractivity contribution in [3.05, 3.63) is 65.5 Å². The van der Waals surface area contributed by atoms with E-state index in [0.717, 1.165) is 30.0 Å². The van der Waals surface area contributed by atoms with Gasteiger partial charge in [-0.25, -0.2) is 0 Å². The number of hydrogen-bond acceptors (Lipinski definition) is 4. The van der Waals surface area contributed by atoms with Crippen molar-refractivity contribution in [1.29, 1.82) is 0 Å². The number of benzene rings is 2. The lowest BCUT2D eigenvalue weighted by Crippen LogP contribution is -2.40. The van der Waals surface area contributed by atoms with Crippen molar-refractivity contribution in [1.82, 2.24) is 20.2 Å². The van der Waals surface area contributed by atoms with E-state index in [1.807, 2.05) is 35.0 Å². The number of tetrazole rings is 1. The van der Waals surface area contributed by atoms with E-state index >= 15 is 0 Å². The highest BCUT2D eigenvalue weighted by atomic mass is 15.6. The van der Waals surface area contributed by atoms with Gasteiger partial charge in [-0.2, -0.15) is 4.68 Å². The molecule has 134 valence electrons. The minimum absolute atomic E-state index is 0.238. The van der Waals surface area contributed by atoms with Crippen molar-refractivity contribution in [2.45, 2.75) is 51.5 Å². The summed E-state index contributed by atoms with van der Waals surface area (Å²) in [5, 5.41) is 16.6. The van der Waals surface area contributed by atoms with Crippen LogP contribution in [0.2, 0.25) is 0 Å². The Balaban J connectivity index is 1.77. The van der Waals surface area contributed by atoms with Crippen LogP contribution in [0.4, 0.5) is 5.69 Å². The van der Waals surface area contributed by atoms with Crippen molar-refractivity contribution < 1.29 is 0 Å². The third-order valence-corrected chi connectivity index (χ3v) is 5.21. The molecular formula is C21H25N5. The monoisotopic (exact) mass is 347 g/mol. The summed E-state index contributed by atoms with van der Waals surface area (Å²) in [5.41, 5.74) is 4.44. The van der Waals surface area contributed by atoms with E-state index in [0.29, 0.717) is 0 Å². The summed E-state index contributed by atoms with van der Waals surface area (Å²) >= 11 is 0. The maximum Gasteiger partial charge on any atom is 0.181 e. The van der Waals surface area contributed by atoms with E-state index in [-0.39, 0.29) is 5.54 Å². The van der Waals surface area contributed by atoms with Gasteiger partial charge in [0, 0.05) is 5.69 Å². The molecule has 1 aliphatic rings. The summed E-state index contributed by atoms with van der Waals surface area (Å²) in [4.78, 5) is 0. The number of aryl methyl sites for hydroxylation is 2. The van der Waals surface area contributed by atoms with E-state index in [9.17, 15) is 0 Å². The van der Waals surface area contributed by atoms with Crippen molar-refractivity contribution in [2.75, 3.05) is 5.32 Å². The summed E-state index contributed by atoms with van der Waals surface area (Å²) in [6.07, 6.45) is 5.70. The second-order valence-corrected chi connectivity index (χ2v) is 7.39. The molecule has 1 N–H and O–H groups in total. The number of nitrogens with zero attached hydrogens (tertiary/aromatic N) is 4. The van der Waals surface area contributed by atoms with Crippen molar-refractivity contribution >= 4 is 5.69 Å². The van der Waals surface area contributed by atoms with Crippen LogP contribution >= 0.6 is 0 Å². The molecule has 3 aromatic rings. The lowest BCUT2D eigenvalue weighted by atomic mass is 9.80. The molecule has 0 spiro atoms. The second kappa shape index (κ2) is 6.90. The molecule has 0 aliphatic heterocycles. The molecule has 0 amide bonds. The highest BCUT2D eigenvalue weighted by Gasteiger charge is 2.39. The van der Waals surface area contributed by atoms with Crippen LogP contribution in [-0.2, 0) is 5.54 Å². The third-order valence-electron chi connectivity index (χ3n) is 5.21. The molecule has 0 unspecified atom stereocenters. The van der Waals surface area contributed by atoms with Gasteiger partial charge in [0.1, 0.15) is 0 Å². The normalized spacial score (nSPS) is 16.4. The average Bonchev–Trinajstić information content (AvgIpc) is 3.13. The average molecular weight is 347 g/mol. The molecule has 0 radical (unpaired) electrons. The molecule has 0 bridgehead atoms. The maximum absolute atomic E-state index is 4.47. The predicted molar refractivity (Wildman–Crippen MR) is 103 cm³/mol. The van der Waals surface area contributed by atoms with Gasteiger partial charge in [0.05, 0.1) is 11.2 Å². The summed E-state index contributed by atoms with van der Waals surface area (Å²) in [6, 6.07) is 16.8. The quantitative estimate of drug-likeness (QED) is 0.752. The lowest BCUT2D eigenvalue weighted by molar-refractivity contribution is 0.309. The van der Waals surface area contributed by atoms with Crippen LogP contribution in [-0.4, -0.2) is 20.2 Å². The standard InChI is InChI=1S/C21H25N5/c1-16-13-17(2)15-18(14-16)22-21(11-7-4-8-12-21)20-23-24-25-26(20)19-9-5-3-6-10-19/h3,5-6,9-10,13-15,22H,4,7-8,11-12H2,1-2H3. The summed E-state index contributed by atoms with van der Waals surface area (Å²) in [6.45, 7) is 4.28. The van der Waals surface area contributed by atoms with Gasteiger partial charge in [-0.15, -0.1) is 5.10 Å². The van der Waals surface area contributed by atoms with E-state index < -0.39 is 0 Å². The van der Waals surface area contributed by atoms with Crippen LogP contribution in [0.5, 0.6) is 0 Å². The van der Waals surface area contributed by atoms with E-state index in [4.69, 9.17) is 0 Å². The lowest BCUT2D eigenvalue weighted by Gasteiger charge is -2.37. The fourth-order valence-electron chi connectivity index (χ4n) is 4.11. The number of anilines is 1. The Kier molecular flexibility index (Phi) is 4.45. The number of hydrogen-bond donors (Lipinski definition) is 1. The molecule has 1 saturated carbocycles. The minimum atomic E-state index is -0.238. The Morgan fingerprint density at radius 1 is 0.923 bits per heavy atom. The predicted octanol–water partition coefficient (Wildman–Crippen LogP) is 4.55. The Bertz CT molecular complexity index is 858. The molecule has 5 heteroatoms. The molecule has 1 aliphatic carbocycles. The first-order valence-electron chi connectivity index (χ1n) is 9.37. The molecular weight excluding hydrogens is 322 g/mol. The zero-order valence-electron chi connectivity index (χ0n) is 15.4. The fraction of sp³-hybridized carbons (Fsp3) is 0.381. The van der Waals surface area contributed by atoms with Gasteiger partial charge >= 0.3 is 0 Å². The zero-order chi connectivity index (χ0) is 18.0. The number of para-hydroxylation sites is 1. The van der Waals surface area contributed by atoms with Gasteiger partial charge in [-0.05, 0) is 72.5 Å². The molecule has 1 heterocycles. The molecule has 1 aromatic heterocycles. The molecule has 4 rings (SSSR count). The molecule has 5 nitrogen and oxygen atoms in total. The Hall–Kier alpha value is -2.69. The van der Waals surface area contributed by atoms with E-state index in [1.165, 1.54) is 30.4 Å². The maximum atomic E-state index is 4.47. The topological polar surface area (TPSA) is 55.6 Å². The largest absolute Gasteiger partial charge is 0.373 e. The van der Waals surface area contributed by atoms with Gasteiger partial charge in [0.15, 0.2) is 5.82 Å². The van der Waals surface area contributed by atoms with Gasteiger partial charge < -0.3 is 5.32 Å². The van der Waals surface area contributed by atoms with Crippen LogP contribution < -0.4 is 5.32 Å². The summed E-state index contributed by atoms with van der Waals surface area (Å²) in [5.74, 6) is 0.905. The van der Waals surface area contributed by atoms with Crippen LogP contribution in [0, 0.1) is 13.8 Å². The fourth-order valence-corrected chi connectivity index (χ4v) is 4.11.